The third kappa shape index (κ3) is 1.35. The van der Waals surface area contributed by atoms with Gasteiger partial charge < -0.3 is 0 Å². The molecule has 0 N–H and O–H groups in total. The Bertz CT molecular complexity index is 500. The van der Waals surface area contributed by atoms with Crippen molar-refractivity contribution in [1.29, 1.82) is 0 Å². The molecule has 1 heteroatoms. The van der Waals surface area contributed by atoms with E-state index in [1.54, 1.807) is 0 Å². The molecule has 2 bridgehead atoms. The van der Waals surface area contributed by atoms with Crippen LogP contribution < -0.4 is 0 Å². The summed E-state index contributed by atoms with van der Waals surface area (Å²) < 4.78 is 0. The van der Waals surface area contributed by atoms with E-state index in [-0.39, 0.29) is 10.8 Å². The van der Waals surface area contributed by atoms with E-state index < -0.39 is 0 Å². The van der Waals surface area contributed by atoms with Crippen LogP contribution in [0.25, 0.3) is 0 Å². The van der Waals surface area contributed by atoms with Crippen LogP contribution in [0.4, 0.5) is 0 Å². The van der Waals surface area contributed by atoms with Gasteiger partial charge in [-0.1, -0.05) is 48.9 Å². The van der Waals surface area contributed by atoms with Crippen LogP contribution in [-0.4, -0.2) is 5.78 Å². The van der Waals surface area contributed by atoms with Crippen LogP contribution in [0.15, 0.2) is 42.0 Å². The average molecular weight is 226 g/mol. The summed E-state index contributed by atoms with van der Waals surface area (Å²) in [6.07, 6.45) is 5.06. The van der Waals surface area contributed by atoms with Crippen molar-refractivity contribution in [3.8, 4) is 0 Å². The topological polar surface area (TPSA) is 17.1 Å². The Morgan fingerprint density at radius 2 is 1.82 bits per heavy atom. The Balaban J connectivity index is 2.18. The molecular weight excluding hydrogens is 208 g/mol. The Hall–Kier alpha value is -1.37. The predicted octanol–water partition coefficient (Wildman–Crippen LogP) is 3.64. The number of carbonyl (C=O) groups is 1. The monoisotopic (exact) mass is 226 g/mol. The first-order valence-electron chi connectivity index (χ1n) is 6.36. The minimum atomic E-state index is -0.316. The van der Waals surface area contributed by atoms with Gasteiger partial charge in [0.05, 0.1) is 5.41 Å². The lowest BCUT2D eigenvalue weighted by Gasteiger charge is -2.49. The molecule has 3 aliphatic carbocycles. The Kier molecular flexibility index (Phi) is 2.10. The third-order valence-electron chi connectivity index (χ3n) is 4.82. The summed E-state index contributed by atoms with van der Waals surface area (Å²) in [6.45, 7) is 4.41. The van der Waals surface area contributed by atoms with Crippen LogP contribution in [0.5, 0.6) is 0 Å². The van der Waals surface area contributed by atoms with Crippen molar-refractivity contribution in [2.24, 2.45) is 5.41 Å². The van der Waals surface area contributed by atoms with Gasteiger partial charge in [-0.05, 0) is 30.7 Å². The fourth-order valence-electron chi connectivity index (χ4n) is 3.37. The number of allylic oxidation sites excluding steroid dienone is 2. The number of carbonyl (C=O) groups excluding carboxylic acids is 1. The van der Waals surface area contributed by atoms with Gasteiger partial charge in [0.2, 0.25) is 0 Å². The zero-order valence-corrected chi connectivity index (χ0v) is 10.5. The lowest BCUT2D eigenvalue weighted by atomic mass is 9.53. The van der Waals surface area contributed by atoms with E-state index in [4.69, 9.17) is 0 Å². The van der Waals surface area contributed by atoms with Gasteiger partial charge in [0, 0.05) is 6.42 Å². The van der Waals surface area contributed by atoms with E-state index in [2.05, 4.69) is 32.1 Å². The van der Waals surface area contributed by atoms with Crippen molar-refractivity contribution in [3.63, 3.8) is 0 Å². The first-order valence-corrected chi connectivity index (χ1v) is 6.36. The summed E-state index contributed by atoms with van der Waals surface area (Å²) in [5.41, 5.74) is 2.38. The maximum absolute atomic E-state index is 12.5. The maximum Gasteiger partial charge on any atom is 0.148 e. The summed E-state index contributed by atoms with van der Waals surface area (Å²) in [6, 6.07) is 10.3. The first-order chi connectivity index (χ1) is 8.07. The number of rotatable bonds is 1. The van der Waals surface area contributed by atoms with Crippen molar-refractivity contribution < 1.29 is 4.79 Å². The Labute approximate surface area is 103 Å². The Morgan fingerprint density at radius 3 is 2.41 bits per heavy atom. The smallest absolute Gasteiger partial charge is 0.148 e. The highest BCUT2D eigenvalue weighted by Gasteiger charge is 2.51. The molecule has 1 aromatic carbocycles. The van der Waals surface area contributed by atoms with Gasteiger partial charge in [-0.15, -0.1) is 0 Å². The molecule has 0 unspecified atom stereocenters. The molecule has 1 aromatic rings. The summed E-state index contributed by atoms with van der Waals surface area (Å²) >= 11 is 0. The molecule has 1 saturated carbocycles. The molecule has 4 rings (SSSR count). The SMILES string of the molecule is CC1=C[C@]2(c3ccccc3)CC[C@@]1(C)CC2=O. The van der Waals surface area contributed by atoms with Crippen LogP contribution in [0.2, 0.25) is 0 Å². The van der Waals surface area contributed by atoms with Crippen molar-refractivity contribution in [1.82, 2.24) is 0 Å². The van der Waals surface area contributed by atoms with E-state index in [9.17, 15) is 4.79 Å². The third-order valence-corrected chi connectivity index (χ3v) is 4.82. The molecule has 0 saturated heterocycles. The highest BCUT2D eigenvalue weighted by molar-refractivity contribution is 5.95. The molecule has 1 fully saturated rings. The molecular formula is C16H18O. The summed E-state index contributed by atoms with van der Waals surface area (Å²) in [5.74, 6) is 0.406. The molecule has 1 nitrogen and oxygen atoms in total. The summed E-state index contributed by atoms with van der Waals surface area (Å²) in [5, 5.41) is 0. The molecule has 88 valence electrons. The minimum Gasteiger partial charge on any atom is -0.298 e. The van der Waals surface area contributed by atoms with Gasteiger partial charge in [-0.3, -0.25) is 4.79 Å². The van der Waals surface area contributed by atoms with Gasteiger partial charge in [0.1, 0.15) is 5.78 Å². The molecule has 0 amide bonds. The lowest BCUT2D eigenvalue weighted by Crippen LogP contribution is -2.48. The van der Waals surface area contributed by atoms with E-state index in [0.29, 0.717) is 12.2 Å². The normalized spacial score (nSPS) is 35.9. The van der Waals surface area contributed by atoms with Crippen molar-refractivity contribution in [3.05, 3.63) is 47.5 Å². The van der Waals surface area contributed by atoms with E-state index in [1.807, 2.05) is 18.2 Å². The van der Waals surface area contributed by atoms with Gasteiger partial charge >= 0.3 is 0 Å². The molecule has 17 heavy (non-hydrogen) atoms. The Morgan fingerprint density at radius 1 is 1.12 bits per heavy atom. The van der Waals surface area contributed by atoms with Gasteiger partial charge in [0.25, 0.3) is 0 Å². The quantitative estimate of drug-likeness (QED) is 0.668. The van der Waals surface area contributed by atoms with Crippen molar-refractivity contribution >= 4 is 5.78 Å². The zero-order chi connectivity index (χ0) is 12.1. The van der Waals surface area contributed by atoms with Crippen molar-refractivity contribution in [2.75, 3.05) is 0 Å². The maximum atomic E-state index is 12.5. The van der Waals surface area contributed by atoms with Crippen LogP contribution in [0, 0.1) is 5.41 Å². The van der Waals surface area contributed by atoms with Crippen LogP contribution in [-0.2, 0) is 10.2 Å². The van der Waals surface area contributed by atoms with E-state index >= 15 is 0 Å². The van der Waals surface area contributed by atoms with E-state index in [1.165, 1.54) is 11.1 Å². The fraction of sp³-hybridized carbons (Fsp3) is 0.438. The summed E-state index contributed by atoms with van der Waals surface area (Å²) in [4.78, 5) is 12.5. The minimum absolute atomic E-state index is 0.133. The number of hydrogen-bond acceptors (Lipinski definition) is 1. The number of hydrogen-bond donors (Lipinski definition) is 0. The number of ketones is 1. The molecule has 0 aliphatic heterocycles. The number of Topliss-reactive ketones (excluding diaryl/α,β-unsaturated/α-hetero) is 1. The van der Waals surface area contributed by atoms with Crippen LogP contribution in [0.1, 0.15) is 38.7 Å². The van der Waals surface area contributed by atoms with Crippen molar-refractivity contribution in [2.45, 2.75) is 38.5 Å². The lowest BCUT2D eigenvalue weighted by molar-refractivity contribution is -0.128. The standard InChI is InChI=1S/C16H18O/c1-12-10-16(13-6-4-3-5-7-13)9-8-15(12,2)11-14(16)17/h3-7,10H,8-9,11H2,1-2H3/t15-,16-/m0/s1. The number of fused-ring (bicyclic) bond motifs is 2. The first kappa shape index (κ1) is 10.8. The highest BCUT2D eigenvalue weighted by atomic mass is 16.1. The van der Waals surface area contributed by atoms with Crippen LogP contribution in [0.3, 0.4) is 0 Å². The van der Waals surface area contributed by atoms with Crippen LogP contribution >= 0.6 is 0 Å². The zero-order valence-electron chi connectivity index (χ0n) is 10.5. The largest absolute Gasteiger partial charge is 0.298 e. The molecule has 0 spiro atoms. The number of benzene rings is 1. The van der Waals surface area contributed by atoms with Gasteiger partial charge in [-0.2, -0.15) is 0 Å². The van der Waals surface area contributed by atoms with Gasteiger partial charge in [0.15, 0.2) is 0 Å². The molecule has 0 heterocycles. The molecule has 2 atom stereocenters. The molecule has 3 aliphatic rings. The van der Waals surface area contributed by atoms with Gasteiger partial charge in [-0.25, -0.2) is 0 Å². The molecule has 0 aromatic heterocycles. The second kappa shape index (κ2) is 3.32. The predicted molar refractivity (Wildman–Crippen MR) is 68.8 cm³/mol. The fourth-order valence-corrected chi connectivity index (χ4v) is 3.37. The highest BCUT2D eigenvalue weighted by Crippen LogP contribution is 2.54. The average Bonchev–Trinajstić information content (AvgIpc) is 2.33. The molecule has 0 radical (unpaired) electrons. The summed E-state index contributed by atoms with van der Waals surface area (Å²) in [7, 11) is 0. The van der Waals surface area contributed by atoms with E-state index in [0.717, 1.165) is 12.8 Å². The second-order valence-electron chi connectivity index (χ2n) is 5.83. The second-order valence-corrected chi connectivity index (χ2v) is 5.83.